The summed E-state index contributed by atoms with van der Waals surface area (Å²) in [6.45, 7) is 21.9. The zero-order chi connectivity index (χ0) is 22.4. The van der Waals surface area contributed by atoms with E-state index in [-0.39, 0.29) is 0 Å². The fourth-order valence-electron chi connectivity index (χ4n) is 6.94. The van der Waals surface area contributed by atoms with Crippen LogP contribution in [0.1, 0.15) is 101 Å². The van der Waals surface area contributed by atoms with Crippen LogP contribution < -0.4 is 0 Å². The Kier molecular flexibility index (Phi) is 10.4. The summed E-state index contributed by atoms with van der Waals surface area (Å²) in [5.74, 6) is 8.50. The predicted octanol–water partition coefficient (Wildman–Crippen LogP) is 8.97. The van der Waals surface area contributed by atoms with Crippen molar-refractivity contribution >= 4 is 6.92 Å². The lowest BCUT2D eigenvalue weighted by atomic mass is 9.48. The molecule has 0 saturated heterocycles. The van der Waals surface area contributed by atoms with Crippen LogP contribution >= 0.6 is 0 Å². The van der Waals surface area contributed by atoms with E-state index in [9.17, 15) is 0 Å². The van der Waals surface area contributed by atoms with Crippen LogP contribution in [0.25, 0.3) is 0 Å². The first-order valence-electron chi connectivity index (χ1n) is 13.4. The minimum absolute atomic E-state index is 0.395. The lowest BCUT2D eigenvalue weighted by molar-refractivity contribution is 0.145. The van der Waals surface area contributed by atoms with Crippen molar-refractivity contribution in [3.05, 3.63) is 11.8 Å². The van der Waals surface area contributed by atoms with Crippen molar-refractivity contribution in [1.82, 2.24) is 0 Å². The van der Waals surface area contributed by atoms with Gasteiger partial charge in [0.2, 0.25) is 0 Å². The van der Waals surface area contributed by atoms with Crippen LogP contribution in [0.15, 0.2) is 11.8 Å². The van der Waals surface area contributed by atoms with Crippen molar-refractivity contribution in [2.24, 2.45) is 53.3 Å². The molecule has 2 aliphatic carbocycles. The highest BCUT2D eigenvalue weighted by Crippen LogP contribution is 2.44. The Morgan fingerprint density at radius 2 is 1.23 bits per heavy atom. The third-order valence-corrected chi connectivity index (χ3v) is 8.61. The van der Waals surface area contributed by atoms with Gasteiger partial charge in [0.05, 0.1) is 5.76 Å². The first kappa shape index (κ1) is 25.9. The number of allylic oxidation sites excluding steroid dienone is 2. The van der Waals surface area contributed by atoms with E-state index >= 15 is 0 Å². The fraction of sp³-hybridized carbons (Fsp3) is 0.929. The molecule has 0 unspecified atom stereocenters. The Hall–Kier alpha value is -0.395. The normalized spacial score (nSPS) is 33.4. The third kappa shape index (κ3) is 7.34. The van der Waals surface area contributed by atoms with Crippen LogP contribution in [0, 0.1) is 53.3 Å². The van der Waals surface area contributed by atoms with Gasteiger partial charge in [-0.2, -0.15) is 0 Å². The smallest absolute Gasteiger partial charge is 0.357 e. The second-order valence-electron chi connectivity index (χ2n) is 12.2. The molecule has 30 heavy (non-hydrogen) atoms. The van der Waals surface area contributed by atoms with Gasteiger partial charge in [-0.1, -0.05) is 74.3 Å². The minimum Gasteiger partial charge on any atom is -0.564 e. The van der Waals surface area contributed by atoms with Crippen molar-refractivity contribution in [2.75, 3.05) is 0 Å². The van der Waals surface area contributed by atoms with Crippen LogP contribution in [-0.2, 0) is 4.65 Å². The second-order valence-corrected chi connectivity index (χ2v) is 12.2. The first-order chi connectivity index (χ1) is 14.1. The molecule has 0 spiro atoms. The largest absolute Gasteiger partial charge is 0.564 e. The van der Waals surface area contributed by atoms with E-state index in [1.54, 1.807) is 0 Å². The molecule has 0 amide bonds. The zero-order valence-electron chi connectivity index (χ0n) is 21.9. The molecule has 0 aliphatic heterocycles. The topological polar surface area (TPSA) is 9.23 Å². The van der Waals surface area contributed by atoms with Gasteiger partial charge < -0.3 is 4.65 Å². The molecule has 2 fully saturated rings. The lowest BCUT2D eigenvalue weighted by Crippen LogP contribution is -2.36. The average molecular weight is 417 g/mol. The first-order valence-corrected chi connectivity index (χ1v) is 13.4. The van der Waals surface area contributed by atoms with Gasteiger partial charge in [-0.05, 0) is 92.6 Å². The van der Waals surface area contributed by atoms with Crippen molar-refractivity contribution in [3.63, 3.8) is 0 Å². The van der Waals surface area contributed by atoms with Crippen LogP contribution in [0.4, 0.5) is 0 Å². The molecule has 2 rings (SSSR count). The summed E-state index contributed by atoms with van der Waals surface area (Å²) in [6, 6.07) is 0. The Morgan fingerprint density at radius 3 is 1.57 bits per heavy atom. The summed E-state index contributed by atoms with van der Waals surface area (Å²) in [7, 11) is 0. The highest BCUT2D eigenvalue weighted by molar-refractivity contribution is 6.52. The van der Waals surface area contributed by atoms with Gasteiger partial charge in [0.15, 0.2) is 0 Å². The Bertz CT molecular complexity index is 489. The molecule has 0 aromatic heterocycles. The SMILES string of the molecule is C/C=C(/OB(C[C@H]1C[C@H](C)CC[C@H]1C(C)C)C[C@H]1C[C@H](C)CC[C@H]1C(C)C)C(C)C. The Balaban J connectivity index is 2.20. The van der Waals surface area contributed by atoms with Gasteiger partial charge in [-0.15, -0.1) is 0 Å². The third-order valence-electron chi connectivity index (χ3n) is 8.61. The molecule has 2 heteroatoms. The number of hydrogen-bond acceptors (Lipinski definition) is 1. The fourth-order valence-corrected chi connectivity index (χ4v) is 6.94. The highest BCUT2D eigenvalue weighted by Gasteiger charge is 2.39. The predicted molar refractivity (Wildman–Crippen MR) is 135 cm³/mol. The number of rotatable bonds is 9. The molecule has 0 N–H and O–H groups in total. The molecular weight excluding hydrogens is 363 g/mol. The molecule has 0 aromatic rings. The van der Waals surface area contributed by atoms with E-state index in [0.717, 1.165) is 47.3 Å². The molecule has 174 valence electrons. The van der Waals surface area contributed by atoms with E-state index < -0.39 is 0 Å². The maximum atomic E-state index is 6.85. The van der Waals surface area contributed by atoms with Gasteiger partial charge in [0, 0.05) is 5.92 Å². The zero-order valence-corrected chi connectivity index (χ0v) is 21.9. The molecule has 2 aliphatic rings. The maximum absolute atomic E-state index is 6.85. The molecule has 1 nitrogen and oxygen atoms in total. The molecular formula is C28H53BO. The minimum atomic E-state index is 0.395. The van der Waals surface area contributed by atoms with Crippen molar-refractivity contribution in [1.29, 1.82) is 0 Å². The quantitative estimate of drug-likeness (QED) is 0.269. The highest BCUT2D eigenvalue weighted by atomic mass is 16.4. The summed E-state index contributed by atoms with van der Waals surface area (Å²) in [4.78, 5) is 0. The Labute approximate surface area is 190 Å². The maximum Gasteiger partial charge on any atom is 0.357 e. The van der Waals surface area contributed by atoms with E-state index in [4.69, 9.17) is 4.65 Å². The molecule has 0 aromatic carbocycles. The summed E-state index contributed by atoms with van der Waals surface area (Å²) in [5, 5.41) is 0. The van der Waals surface area contributed by atoms with Gasteiger partial charge in [-0.25, -0.2) is 0 Å². The van der Waals surface area contributed by atoms with E-state index in [1.165, 1.54) is 56.9 Å². The van der Waals surface area contributed by atoms with Crippen LogP contribution in [-0.4, -0.2) is 6.92 Å². The standard InChI is InChI=1S/C28H53BO/c1-10-28(21(6)7)30-29(17-24-15-22(8)11-13-26(24)19(2)3)18-25-16-23(9)12-14-27(25)20(4)5/h10,19-27H,11-18H2,1-9H3/b28-10+/t22-,23-,24-,25-,26+,27+/m1/s1. The van der Waals surface area contributed by atoms with Crippen molar-refractivity contribution in [2.45, 2.75) is 113 Å². The average Bonchev–Trinajstić information content (AvgIpc) is 2.65. The molecule has 2 saturated carbocycles. The monoisotopic (exact) mass is 416 g/mol. The van der Waals surface area contributed by atoms with Gasteiger partial charge in [-0.3, -0.25) is 0 Å². The van der Waals surface area contributed by atoms with E-state index in [0.29, 0.717) is 12.8 Å². The van der Waals surface area contributed by atoms with E-state index in [2.05, 4.69) is 68.4 Å². The lowest BCUT2D eigenvalue weighted by Gasteiger charge is -2.41. The second kappa shape index (κ2) is 12.0. The van der Waals surface area contributed by atoms with Gasteiger partial charge in [0.1, 0.15) is 0 Å². The molecule has 0 bridgehead atoms. The van der Waals surface area contributed by atoms with Gasteiger partial charge >= 0.3 is 6.92 Å². The molecule has 6 atom stereocenters. The van der Waals surface area contributed by atoms with E-state index in [1.807, 2.05) is 0 Å². The molecule has 0 heterocycles. The van der Waals surface area contributed by atoms with Crippen LogP contribution in [0.2, 0.25) is 12.6 Å². The summed E-state index contributed by atoms with van der Waals surface area (Å²) < 4.78 is 6.85. The van der Waals surface area contributed by atoms with Crippen LogP contribution in [0.5, 0.6) is 0 Å². The van der Waals surface area contributed by atoms with Gasteiger partial charge in [0.25, 0.3) is 0 Å². The van der Waals surface area contributed by atoms with Crippen molar-refractivity contribution < 1.29 is 4.65 Å². The Morgan fingerprint density at radius 1 is 0.800 bits per heavy atom. The van der Waals surface area contributed by atoms with Crippen molar-refractivity contribution in [3.8, 4) is 0 Å². The number of hydrogen-bond donors (Lipinski definition) is 0. The summed E-state index contributed by atoms with van der Waals surface area (Å²) in [6.07, 6.45) is 13.3. The van der Waals surface area contributed by atoms with Crippen LogP contribution in [0.3, 0.4) is 0 Å². The summed E-state index contributed by atoms with van der Waals surface area (Å²) in [5.41, 5.74) is 0. The molecule has 0 radical (unpaired) electrons. The summed E-state index contributed by atoms with van der Waals surface area (Å²) >= 11 is 0.